The summed E-state index contributed by atoms with van der Waals surface area (Å²) in [7, 11) is 1.70. The fourth-order valence-corrected chi connectivity index (χ4v) is 7.40. The molecule has 0 amide bonds. The summed E-state index contributed by atoms with van der Waals surface area (Å²) in [6.45, 7) is 0. The maximum Gasteiger partial charge on any atom is 0.188 e. The van der Waals surface area contributed by atoms with Crippen LogP contribution in [0.4, 0.5) is 10.1 Å². The number of anilines is 2. The van der Waals surface area contributed by atoms with Gasteiger partial charge in [0.1, 0.15) is 15.8 Å². The molecule has 0 bridgehead atoms. The third-order valence-electron chi connectivity index (χ3n) is 5.50. The fraction of sp³-hybridized carbons (Fsp3) is 0.217. The van der Waals surface area contributed by atoms with Gasteiger partial charge in [0.25, 0.3) is 0 Å². The van der Waals surface area contributed by atoms with E-state index in [2.05, 4.69) is 29.6 Å². The van der Waals surface area contributed by atoms with Gasteiger partial charge in [0, 0.05) is 10.4 Å². The van der Waals surface area contributed by atoms with Crippen LogP contribution in [-0.4, -0.2) is 17.1 Å². The SMILES string of the molecule is COc1ccc2nc(Nc3sc4c(c3-c3nc5ccccc5s3)CCCC4)sc2c1. The lowest BCUT2D eigenvalue weighted by Crippen LogP contribution is -1.99. The van der Waals surface area contributed by atoms with Crippen LogP contribution >= 0.6 is 34.0 Å². The second-order valence-corrected chi connectivity index (χ2v) is 10.5. The summed E-state index contributed by atoms with van der Waals surface area (Å²) in [5.41, 5.74) is 4.83. The van der Waals surface area contributed by atoms with Gasteiger partial charge in [-0.3, -0.25) is 0 Å². The number of hydrogen-bond acceptors (Lipinski definition) is 7. The van der Waals surface area contributed by atoms with E-state index in [0.717, 1.165) is 44.5 Å². The molecule has 1 aliphatic rings. The standard InChI is InChI=1S/C23H19N3OS3/c1-27-13-10-11-16-19(12-13)30-23(25-16)26-22-20(14-6-2-4-8-17(14)28-22)21-24-15-7-3-5-9-18(15)29-21/h3,5,7,9-12H,2,4,6,8H2,1H3,(H,25,26). The van der Waals surface area contributed by atoms with Crippen LogP contribution in [-0.2, 0) is 12.8 Å². The van der Waals surface area contributed by atoms with E-state index < -0.39 is 0 Å². The molecule has 1 aliphatic carbocycles. The van der Waals surface area contributed by atoms with E-state index in [1.165, 1.54) is 38.5 Å². The number of thiazole rings is 2. The first-order valence-electron chi connectivity index (χ1n) is 10.0. The number of nitrogens with one attached hydrogen (secondary N) is 1. The molecule has 3 aromatic heterocycles. The third kappa shape index (κ3) is 3.09. The van der Waals surface area contributed by atoms with E-state index in [4.69, 9.17) is 14.7 Å². The number of aryl methyl sites for hydroxylation is 1. The molecule has 0 unspecified atom stereocenters. The van der Waals surface area contributed by atoms with Crippen LogP contribution in [0, 0.1) is 0 Å². The smallest absolute Gasteiger partial charge is 0.188 e. The predicted molar refractivity (Wildman–Crippen MR) is 129 cm³/mol. The predicted octanol–water partition coefficient (Wildman–Crippen LogP) is 7.27. The van der Waals surface area contributed by atoms with Crippen LogP contribution in [0.1, 0.15) is 23.3 Å². The molecular formula is C23H19N3OS3. The molecule has 1 N–H and O–H groups in total. The largest absolute Gasteiger partial charge is 0.497 e. The first-order chi connectivity index (χ1) is 14.8. The molecule has 0 aliphatic heterocycles. The van der Waals surface area contributed by atoms with Gasteiger partial charge >= 0.3 is 0 Å². The summed E-state index contributed by atoms with van der Waals surface area (Å²) in [6.07, 6.45) is 4.82. The molecule has 150 valence electrons. The lowest BCUT2D eigenvalue weighted by Gasteiger charge is -2.11. The molecule has 0 spiro atoms. The number of rotatable bonds is 4. The Balaban J connectivity index is 1.46. The summed E-state index contributed by atoms with van der Waals surface area (Å²) >= 11 is 5.33. The van der Waals surface area contributed by atoms with Crippen LogP contribution in [0.3, 0.4) is 0 Å². The number of nitrogens with zero attached hydrogens (tertiary/aromatic N) is 2. The molecule has 7 heteroatoms. The summed E-state index contributed by atoms with van der Waals surface area (Å²) in [5.74, 6) is 0.861. The number of hydrogen-bond donors (Lipinski definition) is 1. The van der Waals surface area contributed by atoms with Gasteiger partial charge in [-0.1, -0.05) is 23.5 Å². The van der Waals surface area contributed by atoms with Crippen molar-refractivity contribution in [2.24, 2.45) is 0 Å². The monoisotopic (exact) mass is 449 g/mol. The van der Waals surface area contributed by atoms with Gasteiger partial charge in [-0.15, -0.1) is 22.7 Å². The van der Waals surface area contributed by atoms with Gasteiger partial charge in [0.2, 0.25) is 0 Å². The number of benzene rings is 2. The van der Waals surface area contributed by atoms with Crippen molar-refractivity contribution < 1.29 is 4.74 Å². The molecule has 5 aromatic rings. The van der Waals surface area contributed by atoms with Gasteiger partial charge in [-0.05, 0) is 61.6 Å². The summed E-state index contributed by atoms with van der Waals surface area (Å²) in [5, 5.41) is 6.85. The maximum absolute atomic E-state index is 5.36. The Hall–Kier alpha value is -2.48. The number of aromatic nitrogens is 2. The molecule has 0 fully saturated rings. The molecule has 2 aromatic carbocycles. The highest BCUT2D eigenvalue weighted by atomic mass is 32.1. The van der Waals surface area contributed by atoms with Crippen LogP contribution in [0.15, 0.2) is 42.5 Å². The Morgan fingerprint density at radius 1 is 0.900 bits per heavy atom. The van der Waals surface area contributed by atoms with Crippen molar-refractivity contribution in [3.63, 3.8) is 0 Å². The number of fused-ring (bicyclic) bond motifs is 3. The molecule has 6 rings (SSSR count). The highest BCUT2D eigenvalue weighted by Crippen LogP contribution is 2.47. The second-order valence-electron chi connectivity index (χ2n) is 7.38. The molecule has 4 nitrogen and oxygen atoms in total. The molecule has 30 heavy (non-hydrogen) atoms. The zero-order valence-electron chi connectivity index (χ0n) is 16.4. The Morgan fingerprint density at radius 3 is 2.67 bits per heavy atom. The zero-order chi connectivity index (χ0) is 20.1. The molecule has 3 heterocycles. The lowest BCUT2D eigenvalue weighted by molar-refractivity contribution is 0.415. The number of para-hydroxylation sites is 1. The Kier molecular flexibility index (Phi) is 4.48. The van der Waals surface area contributed by atoms with Gasteiger partial charge in [0.05, 0.1) is 27.5 Å². The molecule has 0 radical (unpaired) electrons. The third-order valence-corrected chi connectivity index (χ3v) is 8.69. The zero-order valence-corrected chi connectivity index (χ0v) is 18.8. The minimum absolute atomic E-state index is 0.861. The topological polar surface area (TPSA) is 47.0 Å². The van der Waals surface area contributed by atoms with Crippen molar-refractivity contribution in [1.29, 1.82) is 0 Å². The molecule has 0 atom stereocenters. The normalized spacial score (nSPS) is 13.6. The minimum Gasteiger partial charge on any atom is -0.497 e. The van der Waals surface area contributed by atoms with E-state index in [1.54, 1.807) is 29.8 Å². The highest BCUT2D eigenvalue weighted by Gasteiger charge is 2.24. The van der Waals surface area contributed by atoms with Gasteiger partial charge < -0.3 is 10.1 Å². The van der Waals surface area contributed by atoms with E-state index in [0.29, 0.717) is 0 Å². The summed E-state index contributed by atoms with van der Waals surface area (Å²) in [6, 6.07) is 14.4. The quantitative estimate of drug-likeness (QED) is 0.313. The van der Waals surface area contributed by atoms with Crippen molar-refractivity contribution in [2.75, 3.05) is 12.4 Å². The van der Waals surface area contributed by atoms with Gasteiger partial charge in [-0.2, -0.15) is 0 Å². The van der Waals surface area contributed by atoms with E-state index in [1.807, 2.05) is 29.5 Å². The lowest BCUT2D eigenvalue weighted by atomic mass is 9.96. The van der Waals surface area contributed by atoms with Crippen molar-refractivity contribution in [3.05, 3.63) is 52.9 Å². The number of methoxy groups -OCH3 is 1. The first kappa shape index (κ1) is 18.3. The number of ether oxygens (including phenoxy) is 1. The van der Waals surface area contributed by atoms with Gasteiger partial charge in [0.15, 0.2) is 5.13 Å². The van der Waals surface area contributed by atoms with Crippen molar-refractivity contribution in [2.45, 2.75) is 25.7 Å². The van der Waals surface area contributed by atoms with Crippen molar-refractivity contribution in [1.82, 2.24) is 9.97 Å². The molecule has 0 saturated carbocycles. The molecule has 0 saturated heterocycles. The Labute approximate surface area is 186 Å². The Bertz CT molecular complexity index is 1350. The molecular weight excluding hydrogens is 430 g/mol. The number of thiophene rings is 1. The van der Waals surface area contributed by atoms with Crippen molar-refractivity contribution >= 4 is 64.6 Å². The average Bonchev–Trinajstić information content (AvgIpc) is 3.46. The summed E-state index contributed by atoms with van der Waals surface area (Å²) < 4.78 is 7.73. The first-order valence-corrected chi connectivity index (χ1v) is 12.5. The Morgan fingerprint density at radius 2 is 1.77 bits per heavy atom. The fourth-order valence-electron chi connectivity index (χ4n) is 4.04. The second kappa shape index (κ2) is 7.34. The van der Waals surface area contributed by atoms with Crippen molar-refractivity contribution in [3.8, 4) is 16.3 Å². The average molecular weight is 450 g/mol. The van der Waals surface area contributed by atoms with Crippen LogP contribution in [0.5, 0.6) is 5.75 Å². The van der Waals surface area contributed by atoms with E-state index >= 15 is 0 Å². The maximum atomic E-state index is 5.36. The minimum atomic E-state index is 0.861. The van der Waals surface area contributed by atoms with Gasteiger partial charge in [-0.25, -0.2) is 9.97 Å². The van der Waals surface area contributed by atoms with Crippen LogP contribution < -0.4 is 10.1 Å². The van der Waals surface area contributed by atoms with E-state index in [9.17, 15) is 0 Å². The summed E-state index contributed by atoms with van der Waals surface area (Å²) in [4.78, 5) is 11.3. The highest BCUT2D eigenvalue weighted by molar-refractivity contribution is 7.24. The van der Waals surface area contributed by atoms with Crippen LogP contribution in [0.2, 0.25) is 0 Å². The van der Waals surface area contributed by atoms with Crippen LogP contribution in [0.25, 0.3) is 31.0 Å². The van der Waals surface area contributed by atoms with E-state index in [-0.39, 0.29) is 0 Å².